The fourth-order valence-electron chi connectivity index (χ4n) is 3.13. The van der Waals surface area contributed by atoms with Gasteiger partial charge in [-0.2, -0.15) is 0 Å². The largest absolute Gasteiger partial charge is 0.341 e. The second kappa shape index (κ2) is 8.56. The van der Waals surface area contributed by atoms with Crippen molar-refractivity contribution in [1.29, 1.82) is 0 Å². The molecule has 2 aromatic rings. The van der Waals surface area contributed by atoms with Crippen LogP contribution in [0.3, 0.4) is 0 Å². The van der Waals surface area contributed by atoms with Gasteiger partial charge in [0.2, 0.25) is 5.91 Å². The average molecular weight is 355 g/mol. The van der Waals surface area contributed by atoms with Crippen molar-refractivity contribution in [2.75, 3.05) is 26.2 Å². The van der Waals surface area contributed by atoms with Crippen molar-refractivity contribution in [3.05, 3.63) is 65.7 Å². The maximum absolute atomic E-state index is 13.8. The molecular formula is C20H22FN3O2. The van der Waals surface area contributed by atoms with E-state index in [0.717, 1.165) is 5.56 Å². The number of aryl methyl sites for hydroxylation is 1. The predicted molar refractivity (Wildman–Crippen MR) is 96.1 cm³/mol. The molecule has 0 bridgehead atoms. The SMILES string of the molecule is O=C(CCc1cccnc1)N1CCCN(C(=O)c2ccccc2F)CC1. The van der Waals surface area contributed by atoms with E-state index >= 15 is 0 Å². The van der Waals surface area contributed by atoms with Gasteiger partial charge in [0, 0.05) is 45.0 Å². The van der Waals surface area contributed by atoms with Gasteiger partial charge >= 0.3 is 0 Å². The Hall–Kier alpha value is -2.76. The van der Waals surface area contributed by atoms with Crippen molar-refractivity contribution in [2.45, 2.75) is 19.3 Å². The molecule has 136 valence electrons. The van der Waals surface area contributed by atoms with Gasteiger partial charge in [-0.3, -0.25) is 14.6 Å². The Morgan fingerprint density at radius 2 is 1.77 bits per heavy atom. The number of aromatic nitrogens is 1. The lowest BCUT2D eigenvalue weighted by Crippen LogP contribution is -2.37. The second-order valence-electron chi connectivity index (χ2n) is 6.37. The van der Waals surface area contributed by atoms with E-state index in [0.29, 0.717) is 45.4 Å². The number of amides is 2. The molecular weight excluding hydrogens is 333 g/mol. The van der Waals surface area contributed by atoms with E-state index in [1.165, 1.54) is 12.1 Å². The number of hydrogen-bond acceptors (Lipinski definition) is 3. The van der Waals surface area contributed by atoms with Crippen LogP contribution in [0.4, 0.5) is 4.39 Å². The molecule has 1 saturated heterocycles. The third kappa shape index (κ3) is 4.45. The maximum Gasteiger partial charge on any atom is 0.256 e. The summed E-state index contributed by atoms with van der Waals surface area (Å²) in [6.07, 6.45) is 5.25. The van der Waals surface area contributed by atoms with Gasteiger partial charge in [0.25, 0.3) is 5.91 Å². The molecule has 1 aliphatic rings. The smallest absolute Gasteiger partial charge is 0.256 e. The number of rotatable bonds is 4. The van der Waals surface area contributed by atoms with Gasteiger partial charge in [0.15, 0.2) is 0 Å². The number of carbonyl (C=O) groups excluding carboxylic acids is 2. The Morgan fingerprint density at radius 1 is 1.00 bits per heavy atom. The van der Waals surface area contributed by atoms with Crippen LogP contribution in [0.15, 0.2) is 48.8 Å². The Balaban J connectivity index is 1.55. The summed E-state index contributed by atoms with van der Waals surface area (Å²) in [6, 6.07) is 9.83. The first-order valence-corrected chi connectivity index (χ1v) is 8.85. The van der Waals surface area contributed by atoms with Crippen molar-refractivity contribution in [1.82, 2.24) is 14.8 Å². The highest BCUT2D eigenvalue weighted by Crippen LogP contribution is 2.13. The lowest BCUT2D eigenvalue weighted by Gasteiger charge is -2.22. The van der Waals surface area contributed by atoms with Crippen molar-refractivity contribution >= 4 is 11.8 Å². The molecule has 5 nitrogen and oxygen atoms in total. The van der Waals surface area contributed by atoms with E-state index in [1.807, 2.05) is 12.1 Å². The van der Waals surface area contributed by atoms with Crippen molar-refractivity contribution in [2.24, 2.45) is 0 Å². The van der Waals surface area contributed by atoms with E-state index in [9.17, 15) is 14.0 Å². The van der Waals surface area contributed by atoms with Gasteiger partial charge in [-0.05, 0) is 36.6 Å². The molecule has 3 rings (SSSR count). The zero-order chi connectivity index (χ0) is 18.4. The van der Waals surface area contributed by atoms with Crippen LogP contribution < -0.4 is 0 Å². The molecule has 0 spiro atoms. The van der Waals surface area contributed by atoms with Crippen LogP contribution in [0.1, 0.15) is 28.8 Å². The summed E-state index contributed by atoms with van der Waals surface area (Å²) < 4.78 is 13.8. The fourth-order valence-corrected chi connectivity index (χ4v) is 3.13. The first-order chi connectivity index (χ1) is 12.6. The summed E-state index contributed by atoms with van der Waals surface area (Å²) in [5.74, 6) is -0.743. The Bertz CT molecular complexity index is 767. The summed E-state index contributed by atoms with van der Waals surface area (Å²) in [5, 5.41) is 0. The van der Waals surface area contributed by atoms with Gasteiger partial charge in [-0.15, -0.1) is 0 Å². The summed E-state index contributed by atoms with van der Waals surface area (Å²) in [7, 11) is 0. The lowest BCUT2D eigenvalue weighted by molar-refractivity contribution is -0.131. The Labute approximate surface area is 152 Å². The quantitative estimate of drug-likeness (QED) is 0.847. The van der Waals surface area contributed by atoms with Crippen LogP contribution in [0.25, 0.3) is 0 Å². The summed E-state index contributed by atoms with van der Waals surface area (Å²) in [4.78, 5) is 32.5. The molecule has 0 N–H and O–H groups in total. The van der Waals surface area contributed by atoms with E-state index in [4.69, 9.17) is 0 Å². The summed E-state index contributed by atoms with van der Waals surface area (Å²) in [5.41, 5.74) is 1.12. The fraction of sp³-hybridized carbons (Fsp3) is 0.350. The van der Waals surface area contributed by atoms with Gasteiger partial charge < -0.3 is 9.80 Å². The average Bonchev–Trinajstić information content (AvgIpc) is 2.93. The van der Waals surface area contributed by atoms with Gasteiger partial charge in [0.05, 0.1) is 5.56 Å². The minimum atomic E-state index is -0.508. The molecule has 0 atom stereocenters. The summed E-state index contributed by atoms with van der Waals surface area (Å²) >= 11 is 0. The summed E-state index contributed by atoms with van der Waals surface area (Å²) in [6.45, 7) is 2.05. The molecule has 0 unspecified atom stereocenters. The third-order valence-corrected chi connectivity index (χ3v) is 4.59. The van der Waals surface area contributed by atoms with E-state index < -0.39 is 5.82 Å². The molecule has 0 saturated carbocycles. The predicted octanol–water partition coefficient (Wildman–Crippen LogP) is 2.53. The molecule has 1 fully saturated rings. The maximum atomic E-state index is 13.8. The molecule has 26 heavy (non-hydrogen) atoms. The molecule has 0 radical (unpaired) electrons. The molecule has 2 amide bonds. The topological polar surface area (TPSA) is 53.5 Å². The van der Waals surface area contributed by atoms with Gasteiger partial charge in [-0.25, -0.2) is 4.39 Å². The highest BCUT2D eigenvalue weighted by molar-refractivity contribution is 5.94. The van der Waals surface area contributed by atoms with Crippen LogP contribution >= 0.6 is 0 Å². The Morgan fingerprint density at radius 3 is 2.54 bits per heavy atom. The highest BCUT2D eigenvalue weighted by atomic mass is 19.1. The van der Waals surface area contributed by atoms with Crippen LogP contribution in [-0.4, -0.2) is 52.8 Å². The van der Waals surface area contributed by atoms with Crippen LogP contribution in [-0.2, 0) is 11.2 Å². The number of carbonyl (C=O) groups is 2. The van der Waals surface area contributed by atoms with Crippen LogP contribution in [0, 0.1) is 5.82 Å². The van der Waals surface area contributed by atoms with Crippen LogP contribution in [0.2, 0.25) is 0 Å². The number of hydrogen-bond donors (Lipinski definition) is 0. The number of nitrogens with zero attached hydrogens (tertiary/aromatic N) is 3. The number of halogens is 1. The standard InChI is InChI=1S/C20H22FN3O2/c21-18-7-2-1-6-17(18)20(26)24-12-4-11-23(13-14-24)19(25)9-8-16-5-3-10-22-15-16/h1-3,5-7,10,15H,4,8-9,11-14H2. The first kappa shape index (κ1) is 18.0. The van der Waals surface area contributed by atoms with Crippen LogP contribution in [0.5, 0.6) is 0 Å². The van der Waals surface area contributed by atoms with E-state index in [-0.39, 0.29) is 17.4 Å². The van der Waals surface area contributed by atoms with Crippen molar-refractivity contribution < 1.29 is 14.0 Å². The van der Waals surface area contributed by atoms with E-state index in [1.54, 1.807) is 34.3 Å². The first-order valence-electron chi connectivity index (χ1n) is 8.85. The molecule has 2 heterocycles. The highest BCUT2D eigenvalue weighted by Gasteiger charge is 2.24. The van der Waals surface area contributed by atoms with Gasteiger partial charge in [-0.1, -0.05) is 18.2 Å². The number of benzene rings is 1. The van der Waals surface area contributed by atoms with Gasteiger partial charge in [0.1, 0.15) is 5.82 Å². The Kier molecular flexibility index (Phi) is 5.94. The van der Waals surface area contributed by atoms with Crippen molar-refractivity contribution in [3.63, 3.8) is 0 Å². The molecule has 1 aromatic carbocycles. The molecule has 1 aliphatic heterocycles. The monoisotopic (exact) mass is 355 g/mol. The minimum absolute atomic E-state index is 0.0778. The molecule has 1 aromatic heterocycles. The number of pyridine rings is 1. The lowest BCUT2D eigenvalue weighted by atomic mass is 10.1. The van der Waals surface area contributed by atoms with Crippen molar-refractivity contribution in [3.8, 4) is 0 Å². The zero-order valence-corrected chi connectivity index (χ0v) is 14.6. The zero-order valence-electron chi connectivity index (χ0n) is 14.6. The third-order valence-electron chi connectivity index (χ3n) is 4.59. The normalized spacial score (nSPS) is 14.8. The second-order valence-corrected chi connectivity index (χ2v) is 6.37. The molecule has 0 aliphatic carbocycles. The van der Waals surface area contributed by atoms with E-state index in [2.05, 4.69) is 4.98 Å². The molecule has 6 heteroatoms. The minimum Gasteiger partial charge on any atom is -0.341 e.